The molecule has 0 aliphatic heterocycles. The zero-order chi connectivity index (χ0) is 49.8. The Labute approximate surface area is 438 Å². The summed E-state index contributed by atoms with van der Waals surface area (Å²) in [5.41, 5.74) is 21.3. The Morgan fingerprint density at radius 1 is 0.145 bits per heavy atom. The van der Waals surface area contributed by atoms with Crippen molar-refractivity contribution in [2.45, 2.75) is 0 Å². The SMILES string of the molecule is c1ccc(-n2c3ccccc3c3cc(-c4ccc5c(c4)c4ccccc4n5-c4ccc(-c5ccc6c(c5)c5cc(-c7ccc8c9ccccc9n(-c9ccccc9)c8c7)ccc5n6-c5ccccc5)cc4)ccc32)cc1. The summed E-state index contributed by atoms with van der Waals surface area (Å²) in [6.07, 6.45) is 0. The normalized spacial score (nSPS) is 11.9. The van der Waals surface area contributed by atoms with Gasteiger partial charge in [-0.2, -0.15) is 0 Å². The second kappa shape index (κ2) is 16.7. The molecule has 0 saturated carbocycles. The van der Waals surface area contributed by atoms with Gasteiger partial charge in [-0.05, 0) is 155 Å². The summed E-state index contributed by atoms with van der Waals surface area (Å²) in [6, 6.07) is 102. The Bertz CT molecular complexity index is 4960. The smallest absolute Gasteiger partial charge is 0.0547 e. The van der Waals surface area contributed by atoms with Gasteiger partial charge < -0.3 is 18.3 Å². The van der Waals surface area contributed by atoms with E-state index >= 15 is 0 Å². The Hall–Kier alpha value is -10.2. The van der Waals surface area contributed by atoms with E-state index in [4.69, 9.17) is 0 Å². The predicted molar refractivity (Wildman–Crippen MR) is 320 cm³/mol. The van der Waals surface area contributed by atoms with E-state index in [1.165, 1.54) is 126 Å². The maximum atomic E-state index is 2.42. The number of nitrogens with zero attached hydrogens (tertiary/aromatic N) is 4. The fourth-order valence-electron chi connectivity index (χ4n) is 12.5. The molecule has 0 aliphatic carbocycles. The highest BCUT2D eigenvalue weighted by molar-refractivity contribution is 6.15. The lowest BCUT2D eigenvalue weighted by Gasteiger charge is -2.11. The van der Waals surface area contributed by atoms with Crippen LogP contribution in [-0.2, 0) is 0 Å². The van der Waals surface area contributed by atoms with Crippen molar-refractivity contribution in [1.29, 1.82) is 0 Å². The van der Waals surface area contributed by atoms with E-state index in [0.717, 1.165) is 17.1 Å². The molecule has 16 rings (SSSR count). The average molecular weight is 967 g/mol. The molecule has 16 aromatic rings. The number of hydrogen-bond acceptors (Lipinski definition) is 0. The first-order valence-corrected chi connectivity index (χ1v) is 26.2. The molecule has 4 heterocycles. The van der Waals surface area contributed by atoms with Crippen LogP contribution in [0.2, 0.25) is 0 Å². The van der Waals surface area contributed by atoms with E-state index in [2.05, 4.69) is 297 Å². The van der Waals surface area contributed by atoms with Gasteiger partial charge in [0.2, 0.25) is 0 Å². The van der Waals surface area contributed by atoms with E-state index in [1.807, 2.05) is 0 Å². The quantitative estimate of drug-likeness (QED) is 0.152. The largest absolute Gasteiger partial charge is 0.309 e. The highest BCUT2D eigenvalue weighted by Crippen LogP contribution is 2.42. The van der Waals surface area contributed by atoms with Crippen LogP contribution in [0.4, 0.5) is 0 Å². The van der Waals surface area contributed by atoms with Crippen molar-refractivity contribution in [2.75, 3.05) is 0 Å². The molecule has 4 aromatic heterocycles. The van der Waals surface area contributed by atoms with Gasteiger partial charge in [0.25, 0.3) is 0 Å². The summed E-state index contributed by atoms with van der Waals surface area (Å²) in [7, 11) is 0. The van der Waals surface area contributed by atoms with Crippen LogP contribution in [0.1, 0.15) is 0 Å². The maximum Gasteiger partial charge on any atom is 0.0547 e. The Balaban J connectivity index is 0.791. The number of benzene rings is 12. The molecule has 0 amide bonds. The average Bonchev–Trinajstić information content (AvgIpc) is 4.25. The molecule has 0 unspecified atom stereocenters. The monoisotopic (exact) mass is 966 g/mol. The van der Waals surface area contributed by atoms with Gasteiger partial charge in [0, 0.05) is 65.8 Å². The van der Waals surface area contributed by atoms with Crippen LogP contribution in [0.5, 0.6) is 0 Å². The lowest BCUT2D eigenvalue weighted by Crippen LogP contribution is -1.94. The number of rotatable bonds is 7. The molecule has 0 bridgehead atoms. The maximum absolute atomic E-state index is 2.42. The van der Waals surface area contributed by atoms with Crippen molar-refractivity contribution in [2.24, 2.45) is 0 Å². The third-order valence-corrected chi connectivity index (χ3v) is 16.0. The van der Waals surface area contributed by atoms with Crippen LogP contribution in [-0.4, -0.2) is 18.3 Å². The molecule has 4 nitrogen and oxygen atoms in total. The molecular formula is C72H46N4. The number of para-hydroxylation sites is 6. The van der Waals surface area contributed by atoms with Crippen molar-refractivity contribution in [1.82, 2.24) is 18.3 Å². The standard InChI is InChI=1S/C72H46N4/c1-4-16-53(17-5-1)73-66-26-14-11-23-58(66)61-43-49(32-39-68(61)73)50-33-40-69-62(44-50)59-24-12-15-27-67(59)75(69)56-35-28-47(29-36-56)48-31-38-70-63(42-48)64-45-51(34-41-71(64)74(70)54-18-6-2-7-19-54)52-30-37-60-57-22-10-13-25-65(57)76(72(60)46-52)55-20-8-3-9-21-55/h1-46H. The van der Waals surface area contributed by atoms with Gasteiger partial charge >= 0.3 is 0 Å². The summed E-state index contributed by atoms with van der Waals surface area (Å²) in [4.78, 5) is 0. The van der Waals surface area contributed by atoms with Crippen molar-refractivity contribution < 1.29 is 0 Å². The van der Waals surface area contributed by atoms with E-state index in [-0.39, 0.29) is 0 Å². The van der Waals surface area contributed by atoms with Crippen LogP contribution >= 0.6 is 0 Å². The zero-order valence-electron chi connectivity index (χ0n) is 41.3. The predicted octanol–water partition coefficient (Wildman–Crippen LogP) is 19.1. The summed E-state index contributed by atoms with van der Waals surface area (Å²) in [6.45, 7) is 0. The van der Waals surface area contributed by atoms with Gasteiger partial charge in [0.1, 0.15) is 0 Å². The minimum atomic E-state index is 1.13. The second-order valence-corrected chi connectivity index (χ2v) is 20.1. The van der Waals surface area contributed by atoms with Crippen LogP contribution in [0.15, 0.2) is 279 Å². The molecule has 0 radical (unpaired) electrons. The Morgan fingerprint density at radius 2 is 0.395 bits per heavy atom. The highest BCUT2D eigenvalue weighted by Gasteiger charge is 2.19. The molecule has 0 atom stereocenters. The molecule has 0 N–H and O–H groups in total. The fraction of sp³-hybridized carbons (Fsp3) is 0. The van der Waals surface area contributed by atoms with Gasteiger partial charge in [-0.3, -0.25) is 0 Å². The molecule has 0 aliphatic rings. The molecule has 4 heteroatoms. The van der Waals surface area contributed by atoms with Crippen LogP contribution in [0.3, 0.4) is 0 Å². The minimum Gasteiger partial charge on any atom is -0.309 e. The van der Waals surface area contributed by atoms with E-state index in [1.54, 1.807) is 0 Å². The van der Waals surface area contributed by atoms with Gasteiger partial charge in [0.15, 0.2) is 0 Å². The van der Waals surface area contributed by atoms with Crippen molar-refractivity contribution in [3.05, 3.63) is 279 Å². The lowest BCUT2D eigenvalue weighted by atomic mass is 9.99. The van der Waals surface area contributed by atoms with Gasteiger partial charge in [-0.15, -0.1) is 0 Å². The second-order valence-electron chi connectivity index (χ2n) is 20.1. The molecule has 0 saturated heterocycles. The van der Waals surface area contributed by atoms with E-state index in [0.29, 0.717) is 0 Å². The Kier molecular flexibility index (Phi) is 9.30. The number of fused-ring (bicyclic) bond motifs is 12. The Morgan fingerprint density at radius 3 is 0.803 bits per heavy atom. The van der Waals surface area contributed by atoms with Crippen molar-refractivity contribution >= 4 is 87.2 Å². The first kappa shape index (κ1) is 42.4. The van der Waals surface area contributed by atoms with Gasteiger partial charge in [0.05, 0.1) is 44.1 Å². The van der Waals surface area contributed by atoms with Crippen molar-refractivity contribution in [3.8, 4) is 56.1 Å². The number of hydrogen-bond donors (Lipinski definition) is 0. The van der Waals surface area contributed by atoms with Crippen molar-refractivity contribution in [3.63, 3.8) is 0 Å². The zero-order valence-corrected chi connectivity index (χ0v) is 41.3. The fourth-order valence-corrected chi connectivity index (χ4v) is 12.5. The third-order valence-electron chi connectivity index (χ3n) is 16.0. The molecule has 0 fully saturated rings. The van der Waals surface area contributed by atoms with Gasteiger partial charge in [-0.1, -0.05) is 158 Å². The lowest BCUT2D eigenvalue weighted by molar-refractivity contribution is 1.18. The van der Waals surface area contributed by atoms with E-state index in [9.17, 15) is 0 Å². The summed E-state index contributed by atoms with van der Waals surface area (Å²) < 4.78 is 9.61. The van der Waals surface area contributed by atoms with E-state index < -0.39 is 0 Å². The first-order chi connectivity index (χ1) is 37.7. The molecule has 354 valence electrons. The summed E-state index contributed by atoms with van der Waals surface area (Å²) in [5, 5.41) is 9.94. The van der Waals surface area contributed by atoms with Crippen LogP contribution < -0.4 is 0 Å². The summed E-state index contributed by atoms with van der Waals surface area (Å²) >= 11 is 0. The highest BCUT2D eigenvalue weighted by atomic mass is 15.0. The summed E-state index contributed by atoms with van der Waals surface area (Å²) in [5.74, 6) is 0. The topological polar surface area (TPSA) is 19.7 Å². The van der Waals surface area contributed by atoms with Gasteiger partial charge in [-0.25, -0.2) is 0 Å². The number of aromatic nitrogens is 4. The minimum absolute atomic E-state index is 1.13. The van der Waals surface area contributed by atoms with Crippen LogP contribution in [0, 0.1) is 0 Å². The van der Waals surface area contributed by atoms with Crippen LogP contribution in [0.25, 0.3) is 143 Å². The molecule has 0 spiro atoms. The molecular weight excluding hydrogens is 921 g/mol. The third kappa shape index (κ3) is 6.44. The first-order valence-electron chi connectivity index (χ1n) is 26.2. The molecule has 76 heavy (non-hydrogen) atoms. The molecule has 12 aromatic carbocycles.